The van der Waals surface area contributed by atoms with Crippen LogP contribution in [0.2, 0.25) is 0 Å². The monoisotopic (exact) mass is 381 g/mol. The largest absolute Gasteiger partial charge is 0.360 e. The van der Waals surface area contributed by atoms with Gasteiger partial charge in [0.2, 0.25) is 5.91 Å². The molecule has 0 saturated heterocycles. The summed E-state index contributed by atoms with van der Waals surface area (Å²) in [5, 5.41) is 13.7. The molecule has 0 aliphatic carbocycles. The van der Waals surface area contributed by atoms with Gasteiger partial charge in [-0.05, 0) is 30.3 Å². The zero-order chi connectivity index (χ0) is 19.5. The molecule has 8 nitrogen and oxygen atoms in total. The topological polar surface area (TPSA) is 110 Å². The van der Waals surface area contributed by atoms with Crippen LogP contribution < -0.4 is 10.2 Å². The molecule has 0 fully saturated rings. The first-order chi connectivity index (χ1) is 12.1. The number of likely N-dealkylation sites (N-methyl/N-ethyl adjacent to an activating group) is 1. The number of benzene rings is 2. The standard InChI is InChI=1S/C16H16FN3O5S/c1-19(10-16(21)18-12-5-3-4-11(17)8-12)14-7-6-13(26(2,24)25)9-15(14)20(22)23/h3-9H,10H2,1-2H3,(H,18,21). The van der Waals surface area contributed by atoms with E-state index >= 15 is 0 Å². The van der Waals surface area contributed by atoms with Gasteiger partial charge in [-0.3, -0.25) is 14.9 Å². The number of sulfone groups is 1. The number of rotatable bonds is 6. The fraction of sp³-hybridized carbons (Fsp3) is 0.188. The van der Waals surface area contributed by atoms with Crippen LogP contribution in [0.1, 0.15) is 0 Å². The van der Waals surface area contributed by atoms with Crippen LogP contribution in [-0.2, 0) is 14.6 Å². The lowest BCUT2D eigenvalue weighted by Gasteiger charge is -2.19. The first-order valence-corrected chi connectivity index (χ1v) is 9.22. The van der Waals surface area contributed by atoms with Crippen molar-refractivity contribution in [2.45, 2.75) is 4.90 Å². The molecule has 2 aromatic rings. The van der Waals surface area contributed by atoms with Gasteiger partial charge in [-0.1, -0.05) is 6.07 Å². The second kappa shape index (κ2) is 7.48. The maximum Gasteiger partial charge on any atom is 0.293 e. The normalized spacial score (nSPS) is 11.0. The number of nitro benzene ring substituents is 1. The van der Waals surface area contributed by atoms with Crippen LogP contribution in [0.4, 0.5) is 21.5 Å². The lowest BCUT2D eigenvalue weighted by molar-refractivity contribution is -0.384. The predicted molar refractivity (Wildman–Crippen MR) is 94.5 cm³/mol. The van der Waals surface area contributed by atoms with Gasteiger partial charge in [0.05, 0.1) is 16.4 Å². The third-order valence-corrected chi connectivity index (χ3v) is 4.58. The number of nitrogens with one attached hydrogen (secondary N) is 1. The Labute approximate surface area is 149 Å². The van der Waals surface area contributed by atoms with Gasteiger partial charge < -0.3 is 10.2 Å². The van der Waals surface area contributed by atoms with Gasteiger partial charge in [0, 0.05) is 25.1 Å². The highest BCUT2D eigenvalue weighted by molar-refractivity contribution is 7.90. The van der Waals surface area contributed by atoms with Crippen LogP contribution >= 0.6 is 0 Å². The molecule has 0 unspecified atom stereocenters. The Kier molecular flexibility index (Phi) is 5.56. The molecule has 0 atom stereocenters. The van der Waals surface area contributed by atoms with E-state index in [4.69, 9.17) is 0 Å². The van der Waals surface area contributed by atoms with Crippen LogP contribution in [0.5, 0.6) is 0 Å². The van der Waals surface area contributed by atoms with E-state index in [0.717, 1.165) is 18.4 Å². The summed E-state index contributed by atoms with van der Waals surface area (Å²) in [4.78, 5) is 23.7. The maximum atomic E-state index is 13.1. The van der Waals surface area contributed by atoms with Crippen molar-refractivity contribution >= 4 is 32.8 Å². The lowest BCUT2D eigenvalue weighted by Crippen LogP contribution is -2.30. The lowest BCUT2D eigenvalue weighted by atomic mass is 10.2. The highest BCUT2D eigenvalue weighted by Gasteiger charge is 2.22. The van der Waals surface area contributed by atoms with Crippen molar-refractivity contribution in [3.8, 4) is 0 Å². The summed E-state index contributed by atoms with van der Waals surface area (Å²) in [5.74, 6) is -1.03. The fourth-order valence-electron chi connectivity index (χ4n) is 2.27. The fourth-order valence-corrected chi connectivity index (χ4v) is 2.91. The minimum Gasteiger partial charge on any atom is -0.360 e. The number of hydrogen-bond donors (Lipinski definition) is 1. The SMILES string of the molecule is CN(CC(=O)Nc1cccc(F)c1)c1ccc(S(C)(=O)=O)cc1[N+](=O)[O-]. The Morgan fingerprint density at radius 1 is 1.27 bits per heavy atom. The van der Waals surface area contributed by atoms with Crippen LogP contribution in [-0.4, -0.2) is 39.1 Å². The minimum atomic E-state index is -3.61. The quantitative estimate of drug-likeness (QED) is 0.607. The summed E-state index contributed by atoms with van der Waals surface area (Å²) in [6.45, 7) is -0.254. The molecule has 0 spiro atoms. The van der Waals surface area contributed by atoms with Crippen molar-refractivity contribution in [2.75, 3.05) is 30.1 Å². The van der Waals surface area contributed by atoms with E-state index in [1.54, 1.807) is 0 Å². The number of carbonyl (C=O) groups excluding carboxylic acids is 1. The van der Waals surface area contributed by atoms with E-state index in [-0.39, 0.29) is 22.8 Å². The van der Waals surface area contributed by atoms with Crippen molar-refractivity contribution in [1.82, 2.24) is 0 Å². The van der Waals surface area contributed by atoms with Gasteiger partial charge in [-0.2, -0.15) is 0 Å². The van der Waals surface area contributed by atoms with Gasteiger partial charge in [0.15, 0.2) is 9.84 Å². The highest BCUT2D eigenvalue weighted by Crippen LogP contribution is 2.30. The third-order valence-electron chi connectivity index (χ3n) is 3.47. The van der Waals surface area contributed by atoms with Gasteiger partial charge in [0.1, 0.15) is 11.5 Å². The second-order valence-electron chi connectivity index (χ2n) is 5.59. The number of nitrogens with zero attached hydrogens (tertiary/aromatic N) is 2. The molecule has 0 aromatic heterocycles. The van der Waals surface area contributed by atoms with E-state index in [2.05, 4.69) is 5.32 Å². The van der Waals surface area contributed by atoms with Gasteiger partial charge >= 0.3 is 0 Å². The van der Waals surface area contributed by atoms with Crippen molar-refractivity contribution in [3.63, 3.8) is 0 Å². The van der Waals surface area contributed by atoms with Gasteiger partial charge in [-0.15, -0.1) is 0 Å². The van der Waals surface area contributed by atoms with Crippen molar-refractivity contribution in [3.05, 3.63) is 58.4 Å². The molecule has 0 aliphatic heterocycles. The average molecular weight is 381 g/mol. The molecule has 0 bridgehead atoms. The van der Waals surface area contributed by atoms with Crippen molar-refractivity contribution in [2.24, 2.45) is 0 Å². The van der Waals surface area contributed by atoms with Crippen LogP contribution in [0.3, 0.4) is 0 Å². The average Bonchev–Trinajstić information content (AvgIpc) is 2.53. The minimum absolute atomic E-state index is 0.0804. The van der Waals surface area contributed by atoms with Crippen LogP contribution in [0, 0.1) is 15.9 Å². The van der Waals surface area contributed by atoms with Crippen molar-refractivity contribution < 1.29 is 22.5 Å². The zero-order valence-corrected chi connectivity index (χ0v) is 14.8. The summed E-state index contributed by atoms with van der Waals surface area (Å²) in [6, 6.07) is 8.76. The molecule has 10 heteroatoms. The smallest absolute Gasteiger partial charge is 0.293 e. The Morgan fingerprint density at radius 3 is 2.54 bits per heavy atom. The van der Waals surface area contributed by atoms with Crippen molar-refractivity contribution in [1.29, 1.82) is 0 Å². The second-order valence-corrected chi connectivity index (χ2v) is 7.61. The summed E-state index contributed by atoms with van der Waals surface area (Å²) in [6.07, 6.45) is 0.946. The zero-order valence-electron chi connectivity index (χ0n) is 14.0. The summed E-state index contributed by atoms with van der Waals surface area (Å²) < 4.78 is 36.3. The number of hydrogen-bond acceptors (Lipinski definition) is 6. The summed E-state index contributed by atoms with van der Waals surface area (Å²) in [5.41, 5.74) is -0.101. The molecular formula is C16H16FN3O5S. The molecule has 0 saturated carbocycles. The molecule has 26 heavy (non-hydrogen) atoms. The number of amides is 1. The molecule has 1 N–H and O–H groups in total. The number of anilines is 2. The highest BCUT2D eigenvalue weighted by atomic mass is 32.2. The molecule has 1 amide bonds. The number of carbonyl (C=O) groups is 1. The van der Waals surface area contributed by atoms with Gasteiger partial charge in [0.25, 0.3) is 5.69 Å². The predicted octanol–water partition coefficient (Wildman–Crippen LogP) is 2.21. The first-order valence-electron chi connectivity index (χ1n) is 7.33. The van der Waals surface area contributed by atoms with E-state index in [1.807, 2.05) is 0 Å². The third kappa shape index (κ3) is 4.76. The Morgan fingerprint density at radius 2 is 1.96 bits per heavy atom. The van der Waals surface area contributed by atoms with E-state index < -0.39 is 32.2 Å². The maximum absolute atomic E-state index is 13.1. The molecule has 0 heterocycles. The number of nitro groups is 1. The number of halogens is 1. The molecule has 138 valence electrons. The summed E-state index contributed by atoms with van der Waals surface area (Å²) in [7, 11) is -2.15. The molecule has 0 radical (unpaired) electrons. The first kappa shape index (κ1) is 19.3. The van der Waals surface area contributed by atoms with E-state index in [9.17, 15) is 27.7 Å². The van der Waals surface area contributed by atoms with Gasteiger partial charge in [-0.25, -0.2) is 12.8 Å². The molecule has 0 aliphatic rings. The summed E-state index contributed by atoms with van der Waals surface area (Å²) >= 11 is 0. The van der Waals surface area contributed by atoms with Crippen LogP contribution in [0.15, 0.2) is 47.4 Å². The Balaban J connectivity index is 2.22. The Bertz CT molecular complexity index is 962. The molecule has 2 rings (SSSR count). The van der Waals surface area contributed by atoms with Crippen LogP contribution in [0.25, 0.3) is 0 Å². The Hall–Kier alpha value is -3.01. The molecule has 2 aromatic carbocycles. The molecular weight excluding hydrogens is 365 g/mol. The van der Waals surface area contributed by atoms with E-state index in [1.165, 1.54) is 42.3 Å². The van der Waals surface area contributed by atoms with E-state index in [0.29, 0.717) is 0 Å².